The summed E-state index contributed by atoms with van der Waals surface area (Å²) in [6, 6.07) is 18.1. The molecule has 1 unspecified atom stereocenters. The predicted octanol–water partition coefficient (Wildman–Crippen LogP) is 4.46. The van der Waals surface area contributed by atoms with Crippen LogP contribution >= 0.6 is 0 Å². The summed E-state index contributed by atoms with van der Waals surface area (Å²) in [6.07, 6.45) is 3.36. The monoisotopic (exact) mass is 281 g/mol. The number of nitrogens with one attached hydrogen (secondary N) is 1. The maximum absolute atomic E-state index is 3.70. The maximum Gasteiger partial charge on any atom is 0.0148 e. The van der Waals surface area contributed by atoms with Crippen LogP contribution in [0.3, 0.4) is 0 Å². The molecule has 0 spiro atoms. The normalized spacial score (nSPS) is 12.3. The van der Waals surface area contributed by atoms with E-state index in [1.54, 1.807) is 0 Å². The van der Waals surface area contributed by atoms with Crippen molar-refractivity contribution in [3.8, 4) is 0 Å². The van der Waals surface area contributed by atoms with Crippen LogP contribution in [0.1, 0.15) is 35.6 Å². The smallest absolute Gasteiger partial charge is 0.0148 e. The van der Waals surface area contributed by atoms with E-state index in [1.807, 2.05) is 0 Å². The second-order valence-electron chi connectivity index (χ2n) is 5.96. The summed E-state index contributed by atoms with van der Waals surface area (Å²) >= 11 is 0. The Hall–Kier alpha value is -1.60. The number of hydrogen-bond donors (Lipinski definition) is 1. The predicted molar refractivity (Wildman–Crippen MR) is 91.8 cm³/mol. The summed E-state index contributed by atoms with van der Waals surface area (Å²) in [4.78, 5) is 0. The SMILES string of the molecule is CCCNC(Cc1ccccc1)Cc1ccc(C)c(C)c1. The van der Waals surface area contributed by atoms with Crippen molar-refractivity contribution >= 4 is 0 Å². The third kappa shape index (κ3) is 5.02. The molecule has 0 amide bonds. The van der Waals surface area contributed by atoms with E-state index in [-0.39, 0.29) is 0 Å². The molecule has 1 N–H and O–H groups in total. The Morgan fingerprint density at radius 1 is 0.857 bits per heavy atom. The van der Waals surface area contributed by atoms with Crippen LogP contribution in [-0.4, -0.2) is 12.6 Å². The molecule has 1 nitrogen and oxygen atoms in total. The Kier molecular flexibility index (Phi) is 6.01. The molecule has 21 heavy (non-hydrogen) atoms. The van der Waals surface area contributed by atoms with Crippen molar-refractivity contribution < 1.29 is 0 Å². The summed E-state index contributed by atoms with van der Waals surface area (Å²) in [5.41, 5.74) is 5.61. The molecular formula is C20H27N. The van der Waals surface area contributed by atoms with E-state index in [1.165, 1.54) is 28.7 Å². The van der Waals surface area contributed by atoms with Gasteiger partial charge in [0.2, 0.25) is 0 Å². The van der Waals surface area contributed by atoms with E-state index in [4.69, 9.17) is 0 Å². The molecule has 0 saturated heterocycles. The van der Waals surface area contributed by atoms with Gasteiger partial charge < -0.3 is 5.32 Å². The summed E-state index contributed by atoms with van der Waals surface area (Å²) in [5, 5.41) is 3.70. The van der Waals surface area contributed by atoms with Crippen molar-refractivity contribution in [3.63, 3.8) is 0 Å². The van der Waals surface area contributed by atoms with E-state index in [2.05, 4.69) is 74.6 Å². The standard InChI is InChI=1S/C20H27N/c1-4-12-21-20(14-18-8-6-5-7-9-18)15-19-11-10-16(2)17(3)13-19/h5-11,13,20-21H,4,12,14-15H2,1-3H3. The molecule has 0 aliphatic rings. The van der Waals surface area contributed by atoms with Crippen LogP contribution in [0.25, 0.3) is 0 Å². The highest BCUT2D eigenvalue weighted by atomic mass is 14.9. The van der Waals surface area contributed by atoms with E-state index >= 15 is 0 Å². The molecule has 2 rings (SSSR count). The van der Waals surface area contributed by atoms with Gasteiger partial charge in [-0.3, -0.25) is 0 Å². The lowest BCUT2D eigenvalue weighted by molar-refractivity contribution is 0.504. The molecule has 0 saturated carbocycles. The van der Waals surface area contributed by atoms with Crippen LogP contribution in [0.2, 0.25) is 0 Å². The second kappa shape index (κ2) is 7.99. The lowest BCUT2D eigenvalue weighted by atomic mass is 9.96. The first kappa shape index (κ1) is 15.8. The Balaban J connectivity index is 2.06. The third-order valence-electron chi connectivity index (χ3n) is 4.06. The zero-order chi connectivity index (χ0) is 15.1. The molecule has 0 fully saturated rings. The molecule has 0 bridgehead atoms. The van der Waals surface area contributed by atoms with Gasteiger partial charge in [-0.05, 0) is 61.9 Å². The Morgan fingerprint density at radius 2 is 1.57 bits per heavy atom. The first-order chi connectivity index (χ1) is 10.2. The summed E-state index contributed by atoms with van der Waals surface area (Å²) in [5.74, 6) is 0. The highest BCUT2D eigenvalue weighted by Gasteiger charge is 2.10. The zero-order valence-corrected chi connectivity index (χ0v) is 13.5. The fourth-order valence-electron chi connectivity index (χ4n) is 2.68. The largest absolute Gasteiger partial charge is 0.313 e. The van der Waals surface area contributed by atoms with Gasteiger partial charge in [-0.15, -0.1) is 0 Å². The summed E-state index contributed by atoms with van der Waals surface area (Å²) in [7, 11) is 0. The topological polar surface area (TPSA) is 12.0 Å². The van der Waals surface area contributed by atoms with Crippen LogP contribution in [-0.2, 0) is 12.8 Å². The van der Waals surface area contributed by atoms with Crippen molar-refractivity contribution in [2.45, 2.75) is 46.1 Å². The van der Waals surface area contributed by atoms with Crippen LogP contribution in [0, 0.1) is 13.8 Å². The molecule has 112 valence electrons. The molecule has 2 aromatic rings. The Bertz CT molecular complexity index is 545. The van der Waals surface area contributed by atoms with E-state index < -0.39 is 0 Å². The molecule has 1 heteroatoms. The molecule has 2 aromatic carbocycles. The minimum Gasteiger partial charge on any atom is -0.313 e. The first-order valence-corrected chi connectivity index (χ1v) is 8.02. The highest BCUT2D eigenvalue weighted by Crippen LogP contribution is 2.14. The minimum atomic E-state index is 0.509. The van der Waals surface area contributed by atoms with Crippen molar-refractivity contribution in [1.29, 1.82) is 0 Å². The molecule has 1 atom stereocenters. The lowest BCUT2D eigenvalue weighted by Crippen LogP contribution is -2.33. The molecule has 0 radical (unpaired) electrons. The second-order valence-corrected chi connectivity index (χ2v) is 5.96. The van der Waals surface area contributed by atoms with Gasteiger partial charge in [0, 0.05) is 6.04 Å². The maximum atomic E-state index is 3.70. The number of rotatable bonds is 7. The van der Waals surface area contributed by atoms with Crippen molar-refractivity contribution in [1.82, 2.24) is 5.32 Å². The molecule has 0 heterocycles. The zero-order valence-electron chi connectivity index (χ0n) is 13.5. The first-order valence-electron chi connectivity index (χ1n) is 8.02. The van der Waals surface area contributed by atoms with Crippen LogP contribution in [0.5, 0.6) is 0 Å². The molecule has 0 aliphatic heterocycles. The summed E-state index contributed by atoms with van der Waals surface area (Å²) in [6.45, 7) is 7.69. The van der Waals surface area contributed by atoms with Gasteiger partial charge in [0.05, 0.1) is 0 Å². The average molecular weight is 281 g/mol. The highest BCUT2D eigenvalue weighted by molar-refractivity contribution is 5.30. The van der Waals surface area contributed by atoms with Gasteiger partial charge in [-0.25, -0.2) is 0 Å². The summed E-state index contributed by atoms with van der Waals surface area (Å²) < 4.78 is 0. The van der Waals surface area contributed by atoms with Gasteiger partial charge in [0.15, 0.2) is 0 Å². The van der Waals surface area contributed by atoms with Crippen molar-refractivity contribution in [3.05, 3.63) is 70.8 Å². The number of hydrogen-bond acceptors (Lipinski definition) is 1. The van der Waals surface area contributed by atoms with Crippen LogP contribution in [0.4, 0.5) is 0 Å². The third-order valence-corrected chi connectivity index (χ3v) is 4.06. The molecule has 0 aromatic heterocycles. The van der Waals surface area contributed by atoms with Crippen LogP contribution in [0.15, 0.2) is 48.5 Å². The van der Waals surface area contributed by atoms with Gasteiger partial charge >= 0.3 is 0 Å². The molecular weight excluding hydrogens is 254 g/mol. The number of aryl methyl sites for hydroxylation is 2. The van der Waals surface area contributed by atoms with Gasteiger partial charge in [0.25, 0.3) is 0 Å². The van der Waals surface area contributed by atoms with Crippen molar-refractivity contribution in [2.75, 3.05) is 6.54 Å². The van der Waals surface area contributed by atoms with Gasteiger partial charge in [-0.1, -0.05) is 55.5 Å². The Labute approximate surface area is 129 Å². The van der Waals surface area contributed by atoms with Crippen molar-refractivity contribution in [2.24, 2.45) is 0 Å². The Morgan fingerprint density at radius 3 is 2.24 bits per heavy atom. The van der Waals surface area contributed by atoms with E-state index in [0.29, 0.717) is 6.04 Å². The number of benzene rings is 2. The minimum absolute atomic E-state index is 0.509. The van der Waals surface area contributed by atoms with Gasteiger partial charge in [-0.2, -0.15) is 0 Å². The van der Waals surface area contributed by atoms with Gasteiger partial charge in [0.1, 0.15) is 0 Å². The van der Waals surface area contributed by atoms with Crippen LogP contribution < -0.4 is 5.32 Å². The molecule has 0 aliphatic carbocycles. The fraction of sp³-hybridized carbons (Fsp3) is 0.400. The lowest BCUT2D eigenvalue weighted by Gasteiger charge is -2.19. The average Bonchev–Trinajstić information content (AvgIpc) is 2.49. The van der Waals surface area contributed by atoms with E-state index in [0.717, 1.165) is 19.4 Å². The quantitative estimate of drug-likeness (QED) is 0.790. The van der Waals surface area contributed by atoms with E-state index in [9.17, 15) is 0 Å². The fourth-order valence-corrected chi connectivity index (χ4v) is 2.68.